The molecule has 2 heterocycles. The number of nitrogens with two attached hydrogens (primary N) is 1. The number of oxazole rings is 1. The first-order chi connectivity index (χ1) is 11.2. The van der Waals surface area contributed by atoms with Crippen molar-refractivity contribution in [3.63, 3.8) is 0 Å². The number of anilines is 1. The van der Waals surface area contributed by atoms with Gasteiger partial charge in [0.15, 0.2) is 11.5 Å². The van der Waals surface area contributed by atoms with Crippen LogP contribution in [-0.2, 0) is 9.53 Å². The monoisotopic (exact) mass is 315 g/mol. The van der Waals surface area contributed by atoms with Crippen LogP contribution in [0.25, 0.3) is 11.1 Å². The molecule has 1 aliphatic carbocycles. The second-order valence-corrected chi connectivity index (χ2v) is 6.47. The van der Waals surface area contributed by atoms with Crippen LogP contribution in [0.4, 0.5) is 5.69 Å². The molecule has 1 aromatic heterocycles. The molecule has 0 spiro atoms. The summed E-state index contributed by atoms with van der Waals surface area (Å²) in [5, 5.41) is 2.90. The molecular weight excluding hydrogens is 294 g/mol. The summed E-state index contributed by atoms with van der Waals surface area (Å²) in [4.78, 5) is 16.9. The highest BCUT2D eigenvalue weighted by molar-refractivity contribution is 5.96. The van der Waals surface area contributed by atoms with E-state index in [1.807, 2.05) is 18.2 Å². The molecule has 4 rings (SSSR count). The number of carbonyl (C=O) groups is 1. The molecule has 2 aliphatic rings. The lowest BCUT2D eigenvalue weighted by molar-refractivity contribution is -0.119. The van der Waals surface area contributed by atoms with Gasteiger partial charge in [-0.15, -0.1) is 0 Å². The van der Waals surface area contributed by atoms with Gasteiger partial charge in [0.2, 0.25) is 5.91 Å². The van der Waals surface area contributed by atoms with E-state index in [1.54, 1.807) is 0 Å². The van der Waals surface area contributed by atoms with Gasteiger partial charge in [0.1, 0.15) is 5.52 Å². The van der Waals surface area contributed by atoms with Crippen LogP contribution in [0.3, 0.4) is 0 Å². The molecule has 122 valence electrons. The van der Waals surface area contributed by atoms with Gasteiger partial charge >= 0.3 is 0 Å². The molecular formula is C17H21N3O3. The Kier molecular flexibility index (Phi) is 3.79. The number of fused-ring (bicyclic) bond motifs is 1. The summed E-state index contributed by atoms with van der Waals surface area (Å²) in [5.41, 5.74) is 8.36. The van der Waals surface area contributed by atoms with Crippen molar-refractivity contribution in [1.82, 2.24) is 4.98 Å². The zero-order valence-corrected chi connectivity index (χ0v) is 13.0. The number of carbonyl (C=O) groups excluding carboxylic acids is 1. The largest absolute Gasteiger partial charge is 0.440 e. The van der Waals surface area contributed by atoms with Gasteiger partial charge in [0.05, 0.1) is 6.04 Å². The van der Waals surface area contributed by atoms with Gasteiger partial charge in [0, 0.05) is 24.8 Å². The standard InChI is InChI=1S/C17H21N3O3/c18-15(10-5-7-22-8-6-10)16(21)19-12-3-4-14-13(9-12)20-17(23-14)11-1-2-11/h3-4,9-11,15H,1-2,5-8,18H2,(H,19,21). The van der Waals surface area contributed by atoms with E-state index in [0.29, 0.717) is 24.8 Å². The van der Waals surface area contributed by atoms with E-state index in [4.69, 9.17) is 14.9 Å². The van der Waals surface area contributed by atoms with Gasteiger partial charge in [-0.25, -0.2) is 4.98 Å². The minimum atomic E-state index is -0.506. The van der Waals surface area contributed by atoms with Gasteiger partial charge in [-0.3, -0.25) is 4.79 Å². The summed E-state index contributed by atoms with van der Waals surface area (Å²) < 4.78 is 11.0. The fourth-order valence-electron chi connectivity index (χ4n) is 3.04. The predicted molar refractivity (Wildman–Crippen MR) is 86.1 cm³/mol. The second kappa shape index (κ2) is 5.94. The molecule has 6 heteroatoms. The van der Waals surface area contributed by atoms with Crippen LogP contribution in [0.1, 0.15) is 37.5 Å². The lowest BCUT2D eigenvalue weighted by Crippen LogP contribution is -2.43. The van der Waals surface area contributed by atoms with Crippen LogP contribution in [0.5, 0.6) is 0 Å². The van der Waals surface area contributed by atoms with Gasteiger partial charge in [-0.05, 0) is 49.8 Å². The minimum Gasteiger partial charge on any atom is -0.440 e. The van der Waals surface area contributed by atoms with E-state index in [2.05, 4.69) is 10.3 Å². The highest BCUT2D eigenvalue weighted by Gasteiger charge is 2.29. The topological polar surface area (TPSA) is 90.4 Å². The number of aromatic nitrogens is 1. The summed E-state index contributed by atoms with van der Waals surface area (Å²) in [7, 11) is 0. The Morgan fingerprint density at radius 3 is 2.78 bits per heavy atom. The number of hydrogen-bond acceptors (Lipinski definition) is 5. The average molecular weight is 315 g/mol. The molecule has 2 fully saturated rings. The Bertz CT molecular complexity index is 717. The van der Waals surface area contributed by atoms with E-state index in [0.717, 1.165) is 42.7 Å². The van der Waals surface area contributed by atoms with E-state index >= 15 is 0 Å². The van der Waals surface area contributed by atoms with Crippen molar-refractivity contribution in [1.29, 1.82) is 0 Å². The summed E-state index contributed by atoms with van der Waals surface area (Å²) in [6.45, 7) is 1.36. The molecule has 1 saturated heterocycles. The van der Waals surface area contributed by atoms with Crippen molar-refractivity contribution < 1.29 is 13.9 Å². The third-order valence-electron chi connectivity index (χ3n) is 4.67. The zero-order valence-electron chi connectivity index (χ0n) is 13.0. The molecule has 1 saturated carbocycles. The summed E-state index contributed by atoms with van der Waals surface area (Å²) >= 11 is 0. The normalized spacial score (nSPS) is 20.6. The van der Waals surface area contributed by atoms with Crippen LogP contribution >= 0.6 is 0 Å². The first-order valence-electron chi connectivity index (χ1n) is 8.25. The van der Waals surface area contributed by atoms with E-state index in [1.165, 1.54) is 0 Å². The van der Waals surface area contributed by atoms with Crippen molar-refractivity contribution >= 4 is 22.7 Å². The van der Waals surface area contributed by atoms with Gasteiger partial charge < -0.3 is 20.2 Å². The summed E-state index contributed by atoms with van der Waals surface area (Å²) in [5.74, 6) is 1.31. The third kappa shape index (κ3) is 3.09. The molecule has 6 nitrogen and oxygen atoms in total. The molecule has 0 radical (unpaired) electrons. The highest BCUT2D eigenvalue weighted by Crippen LogP contribution is 2.40. The van der Waals surface area contributed by atoms with Crippen LogP contribution in [-0.4, -0.2) is 30.1 Å². The second-order valence-electron chi connectivity index (χ2n) is 6.47. The van der Waals surface area contributed by atoms with Gasteiger partial charge in [0.25, 0.3) is 0 Å². The fraction of sp³-hybridized carbons (Fsp3) is 0.529. The van der Waals surface area contributed by atoms with E-state index in [-0.39, 0.29) is 11.8 Å². The highest BCUT2D eigenvalue weighted by atomic mass is 16.5. The van der Waals surface area contributed by atoms with Crippen molar-refractivity contribution in [3.05, 3.63) is 24.1 Å². The van der Waals surface area contributed by atoms with Crippen molar-refractivity contribution in [3.8, 4) is 0 Å². The number of amides is 1. The molecule has 1 amide bonds. The Labute approximate surface area is 134 Å². The first kappa shape index (κ1) is 14.7. The first-order valence-corrected chi connectivity index (χ1v) is 8.25. The Morgan fingerprint density at radius 1 is 1.26 bits per heavy atom. The number of nitrogens with zero attached hydrogens (tertiary/aromatic N) is 1. The molecule has 3 N–H and O–H groups in total. The van der Waals surface area contributed by atoms with Crippen LogP contribution in [0, 0.1) is 5.92 Å². The molecule has 0 bridgehead atoms. The zero-order chi connectivity index (χ0) is 15.8. The van der Waals surface area contributed by atoms with Crippen molar-refractivity contribution in [2.24, 2.45) is 11.7 Å². The maximum absolute atomic E-state index is 12.4. The summed E-state index contributed by atoms with van der Waals surface area (Å²) in [6, 6.07) is 5.02. The maximum Gasteiger partial charge on any atom is 0.241 e. The van der Waals surface area contributed by atoms with E-state index < -0.39 is 6.04 Å². The number of hydrogen-bond donors (Lipinski definition) is 2. The molecule has 23 heavy (non-hydrogen) atoms. The number of nitrogens with one attached hydrogen (secondary N) is 1. The molecule has 2 aromatic rings. The van der Waals surface area contributed by atoms with Crippen LogP contribution in [0.2, 0.25) is 0 Å². The molecule has 1 unspecified atom stereocenters. The molecule has 1 aromatic carbocycles. The minimum absolute atomic E-state index is 0.151. The van der Waals surface area contributed by atoms with Crippen molar-refractivity contribution in [2.45, 2.75) is 37.6 Å². The summed E-state index contributed by atoms with van der Waals surface area (Å²) in [6.07, 6.45) is 3.97. The Morgan fingerprint density at radius 2 is 2.04 bits per heavy atom. The predicted octanol–water partition coefficient (Wildman–Crippen LogP) is 2.40. The SMILES string of the molecule is NC(C(=O)Nc1ccc2oc(C3CC3)nc2c1)C1CCOCC1. The Hall–Kier alpha value is -1.92. The van der Waals surface area contributed by atoms with Crippen molar-refractivity contribution in [2.75, 3.05) is 18.5 Å². The fourth-order valence-corrected chi connectivity index (χ4v) is 3.04. The third-order valence-corrected chi connectivity index (χ3v) is 4.67. The average Bonchev–Trinajstić information content (AvgIpc) is 3.34. The Balaban J connectivity index is 1.46. The van der Waals surface area contributed by atoms with E-state index in [9.17, 15) is 4.79 Å². The quantitative estimate of drug-likeness (QED) is 0.904. The van der Waals surface area contributed by atoms with Crippen LogP contribution < -0.4 is 11.1 Å². The van der Waals surface area contributed by atoms with Gasteiger partial charge in [-0.2, -0.15) is 0 Å². The number of ether oxygens (including phenoxy) is 1. The molecule has 1 atom stereocenters. The van der Waals surface area contributed by atoms with Gasteiger partial charge in [-0.1, -0.05) is 0 Å². The maximum atomic E-state index is 12.4. The number of benzene rings is 1. The molecule has 1 aliphatic heterocycles. The lowest BCUT2D eigenvalue weighted by atomic mass is 9.92. The smallest absolute Gasteiger partial charge is 0.241 e. The van der Waals surface area contributed by atoms with Crippen LogP contribution in [0.15, 0.2) is 22.6 Å². The lowest BCUT2D eigenvalue weighted by Gasteiger charge is -2.26. The number of rotatable bonds is 4.